The molecular weight excluding hydrogens is 303 g/mol. The predicted octanol–water partition coefficient (Wildman–Crippen LogP) is 1.28. The maximum absolute atomic E-state index is 13.4. The standard InChI is InChI=1S/C16H21FN2O4/c1-4-18-14(20)9-19(5-2)15(21)10-23-16(22)12-7-6-11(3)13(17)8-12/h6-8H,4-5,9-10H2,1-3H3,(H,18,20). The fraction of sp³-hybridized carbons (Fsp3) is 0.438. The van der Waals surface area contributed by atoms with Crippen LogP contribution in [0, 0.1) is 12.7 Å². The molecule has 7 heteroatoms. The van der Waals surface area contributed by atoms with Crippen molar-refractivity contribution in [3.8, 4) is 0 Å². The number of carbonyl (C=O) groups is 3. The van der Waals surface area contributed by atoms with E-state index in [0.717, 1.165) is 6.07 Å². The van der Waals surface area contributed by atoms with E-state index in [1.54, 1.807) is 20.8 Å². The van der Waals surface area contributed by atoms with Crippen molar-refractivity contribution < 1.29 is 23.5 Å². The summed E-state index contributed by atoms with van der Waals surface area (Å²) in [5.41, 5.74) is 0.449. The highest BCUT2D eigenvalue weighted by Crippen LogP contribution is 2.10. The van der Waals surface area contributed by atoms with Crippen LogP contribution in [-0.4, -0.2) is 48.9 Å². The normalized spacial score (nSPS) is 10.1. The third-order valence-electron chi connectivity index (χ3n) is 3.18. The maximum atomic E-state index is 13.4. The Kier molecular flexibility index (Phi) is 7.18. The minimum Gasteiger partial charge on any atom is -0.452 e. The lowest BCUT2D eigenvalue weighted by Gasteiger charge is -2.20. The molecule has 0 aliphatic heterocycles. The van der Waals surface area contributed by atoms with Crippen LogP contribution in [0.3, 0.4) is 0 Å². The van der Waals surface area contributed by atoms with Crippen molar-refractivity contribution in [1.29, 1.82) is 0 Å². The molecule has 0 heterocycles. The van der Waals surface area contributed by atoms with Gasteiger partial charge < -0.3 is 15.0 Å². The van der Waals surface area contributed by atoms with Crippen molar-refractivity contribution in [2.75, 3.05) is 26.2 Å². The second-order valence-corrected chi connectivity index (χ2v) is 4.90. The van der Waals surface area contributed by atoms with Crippen LogP contribution in [0.15, 0.2) is 18.2 Å². The summed E-state index contributed by atoms with van der Waals surface area (Å²) in [5, 5.41) is 2.59. The van der Waals surface area contributed by atoms with E-state index in [4.69, 9.17) is 4.74 Å². The number of carbonyl (C=O) groups excluding carboxylic acids is 3. The second kappa shape index (κ2) is 8.87. The summed E-state index contributed by atoms with van der Waals surface area (Å²) >= 11 is 0. The van der Waals surface area contributed by atoms with Crippen LogP contribution in [0.25, 0.3) is 0 Å². The van der Waals surface area contributed by atoms with Gasteiger partial charge in [0.15, 0.2) is 6.61 Å². The number of hydrogen-bond donors (Lipinski definition) is 1. The number of amides is 2. The molecule has 2 amide bonds. The summed E-state index contributed by atoms with van der Waals surface area (Å²) in [7, 11) is 0. The number of esters is 1. The molecule has 23 heavy (non-hydrogen) atoms. The van der Waals surface area contributed by atoms with E-state index in [0.29, 0.717) is 18.7 Å². The van der Waals surface area contributed by atoms with Crippen LogP contribution >= 0.6 is 0 Å². The maximum Gasteiger partial charge on any atom is 0.338 e. The summed E-state index contributed by atoms with van der Waals surface area (Å²) in [6.07, 6.45) is 0. The molecule has 0 saturated heterocycles. The highest BCUT2D eigenvalue weighted by atomic mass is 19.1. The van der Waals surface area contributed by atoms with Crippen molar-refractivity contribution in [3.05, 3.63) is 35.1 Å². The average Bonchev–Trinajstić information content (AvgIpc) is 2.52. The molecule has 1 N–H and O–H groups in total. The molecule has 0 saturated carbocycles. The largest absolute Gasteiger partial charge is 0.452 e. The van der Waals surface area contributed by atoms with E-state index in [9.17, 15) is 18.8 Å². The number of aryl methyl sites for hydroxylation is 1. The Labute approximate surface area is 134 Å². The topological polar surface area (TPSA) is 75.7 Å². The van der Waals surface area contributed by atoms with E-state index in [1.165, 1.54) is 17.0 Å². The lowest BCUT2D eigenvalue weighted by Crippen LogP contribution is -2.42. The first-order valence-corrected chi connectivity index (χ1v) is 7.36. The zero-order valence-electron chi connectivity index (χ0n) is 13.5. The second-order valence-electron chi connectivity index (χ2n) is 4.90. The highest BCUT2D eigenvalue weighted by Gasteiger charge is 2.18. The van der Waals surface area contributed by atoms with Gasteiger partial charge in [0, 0.05) is 13.1 Å². The number of nitrogens with one attached hydrogen (secondary N) is 1. The van der Waals surface area contributed by atoms with Crippen molar-refractivity contribution in [2.24, 2.45) is 0 Å². The molecular formula is C16H21FN2O4. The average molecular weight is 324 g/mol. The molecule has 1 aromatic carbocycles. The van der Waals surface area contributed by atoms with Gasteiger partial charge in [0.1, 0.15) is 5.82 Å². The van der Waals surface area contributed by atoms with Gasteiger partial charge in [0.2, 0.25) is 5.91 Å². The fourth-order valence-electron chi connectivity index (χ4n) is 1.82. The highest BCUT2D eigenvalue weighted by molar-refractivity contribution is 5.92. The molecule has 0 spiro atoms. The number of hydrogen-bond acceptors (Lipinski definition) is 4. The van der Waals surface area contributed by atoms with E-state index in [1.807, 2.05) is 0 Å². The third kappa shape index (κ3) is 5.69. The monoisotopic (exact) mass is 324 g/mol. The van der Waals surface area contributed by atoms with Crippen molar-refractivity contribution in [1.82, 2.24) is 10.2 Å². The van der Waals surface area contributed by atoms with Crippen molar-refractivity contribution >= 4 is 17.8 Å². The molecule has 126 valence electrons. The number of likely N-dealkylation sites (N-methyl/N-ethyl adjacent to an activating group) is 2. The van der Waals surface area contributed by atoms with Gasteiger partial charge in [-0.05, 0) is 38.5 Å². The molecule has 0 aliphatic rings. The van der Waals surface area contributed by atoms with Crippen LogP contribution in [0.1, 0.15) is 29.8 Å². The summed E-state index contributed by atoms with van der Waals surface area (Å²) in [5.74, 6) is -2.07. The minimum atomic E-state index is -0.786. The Hall–Kier alpha value is -2.44. The van der Waals surface area contributed by atoms with Crippen LogP contribution in [0.2, 0.25) is 0 Å². The molecule has 0 fully saturated rings. The Morgan fingerprint density at radius 3 is 2.52 bits per heavy atom. The van der Waals surface area contributed by atoms with E-state index in [2.05, 4.69) is 5.32 Å². The predicted molar refractivity (Wildman–Crippen MR) is 82.4 cm³/mol. The van der Waals surface area contributed by atoms with Gasteiger partial charge in [-0.1, -0.05) is 6.07 Å². The number of rotatable bonds is 7. The molecule has 0 unspecified atom stereocenters. The van der Waals surface area contributed by atoms with E-state index in [-0.39, 0.29) is 18.0 Å². The zero-order valence-corrected chi connectivity index (χ0v) is 13.5. The van der Waals surface area contributed by atoms with Gasteiger partial charge in [-0.15, -0.1) is 0 Å². The molecule has 0 atom stereocenters. The van der Waals surface area contributed by atoms with Gasteiger partial charge >= 0.3 is 5.97 Å². The van der Waals surface area contributed by atoms with E-state index < -0.39 is 24.3 Å². The molecule has 0 radical (unpaired) electrons. The van der Waals surface area contributed by atoms with Crippen LogP contribution in [0.4, 0.5) is 4.39 Å². The summed E-state index contributed by atoms with van der Waals surface area (Å²) in [6.45, 7) is 5.26. The van der Waals surface area contributed by atoms with Gasteiger partial charge in [-0.25, -0.2) is 9.18 Å². The van der Waals surface area contributed by atoms with Crippen LogP contribution in [-0.2, 0) is 14.3 Å². The summed E-state index contributed by atoms with van der Waals surface area (Å²) in [6, 6.07) is 3.95. The van der Waals surface area contributed by atoms with Crippen molar-refractivity contribution in [3.63, 3.8) is 0 Å². The number of benzene rings is 1. The lowest BCUT2D eigenvalue weighted by atomic mass is 10.1. The summed E-state index contributed by atoms with van der Waals surface area (Å²) in [4.78, 5) is 36.5. The molecule has 6 nitrogen and oxygen atoms in total. The molecule has 0 aliphatic carbocycles. The van der Waals surface area contributed by atoms with Crippen molar-refractivity contribution in [2.45, 2.75) is 20.8 Å². The number of halogens is 1. The molecule has 0 aromatic heterocycles. The third-order valence-corrected chi connectivity index (χ3v) is 3.18. The van der Waals surface area contributed by atoms with E-state index >= 15 is 0 Å². The Balaban J connectivity index is 2.57. The molecule has 1 rings (SSSR count). The first-order valence-electron chi connectivity index (χ1n) is 7.36. The first kappa shape index (κ1) is 18.6. The zero-order chi connectivity index (χ0) is 17.4. The van der Waals surface area contributed by atoms with Gasteiger partial charge in [0.25, 0.3) is 5.91 Å². The van der Waals surface area contributed by atoms with Gasteiger partial charge in [0.05, 0.1) is 12.1 Å². The quantitative estimate of drug-likeness (QED) is 0.767. The van der Waals surface area contributed by atoms with Gasteiger partial charge in [-0.2, -0.15) is 0 Å². The molecule has 1 aromatic rings. The van der Waals surface area contributed by atoms with Crippen LogP contribution in [0.5, 0.6) is 0 Å². The first-order chi connectivity index (χ1) is 10.9. The Bertz CT molecular complexity index is 589. The molecule has 0 bridgehead atoms. The summed E-state index contributed by atoms with van der Waals surface area (Å²) < 4.78 is 18.3. The van der Waals surface area contributed by atoms with Gasteiger partial charge in [-0.3, -0.25) is 9.59 Å². The lowest BCUT2D eigenvalue weighted by molar-refractivity contribution is -0.138. The fourth-order valence-corrected chi connectivity index (χ4v) is 1.82. The Morgan fingerprint density at radius 2 is 1.96 bits per heavy atom. The minimum absolute atomic E-state index is 0.0349. The number of nitrogens with zero attached hydrogens (tertiary/aromatic N) is 1. The van der Waals surface area contributed by atoms with Crippen LogP contribution < -0.4 is 5.32 Å². The SMILES string of the molecule is CCNC(=O)CN(CC)C(=O)COC(=O)c1ccc(C)c(F)c1. The number of ether oxygens (including phenoxy) is 1. The smallest absolute Gasteiger partial charge is 0.338 e. The Morgan fingerprint density at radius 1 is 1.26 bits per heavy atom.